The number of aliphatic hydroxyl groups excluding tert-OH is 2. The molecule has 6 atom stereocenters. The molecule has 0 amide bonds. The molecule has 0 spiro atoms. The first kappa shape index (κ1) is 17.2. The van der Waals surface area contributed by atoms with Crippen LogP contribution in [0.4, 0.5) is 0 Å². The van der Waals surface area contributed by atoms with Gasteiger partial charge in [0.2, 0.25) is 0 Å². The van der Waals surface area contributed by atoms with Crippen LogP contribution in [0, 0.1) is 23.2 Å². The third kappa shape index (κ3) is 3.46. The molecule has 1 unspecified atom stereocenters. The average Bonchev–Trinajstić information content (AvgIpc) is 2.73. The van der Waals surface area contributed by atoms with Crippen molar-refractivity contribution in [2.24, 2.45) is 23.2 Å². The van der Waals surface area contributed by atoms with Crippen molar-refractivity contribution in [2.45, 2.75) is 90.4 Å². The van der Waals surface area contributed by atoms with Crippen molar-refractivity contribution in [3.63, 3.8) is 0 Å². The van der Waals surface area contributed by atoms with E-state index >= 15 is 0 Å². The summed E-state index contributed by atoms with van der Waals surface area (Å²) in [6.45, 7) is 8.01. The minimum atomic E-state index is -1.01. The summed E-state index contributed by atoms with van der Waals surface area (Å²) in [4.78, 5) is 0. The SMILES string of the molecule is C[C@H](CC[C@@H](O)C(C)(C)O)C1CC[C@H]2[C@@H](O)CCC[C@]12C. The molecule has 124 valence electrons. The summed E-state index contributed by atoms with van der Waals surface area (Å²) in [5, 5.41) is 30.2. The van der Waals surface area contributed by atoms with E-state index in [9.17, 15) is 15.3 Å². The molecule has 0 aliphatic heterocycles. The summed E-state index contributed by atoms with van der Waals surface area (Å²) >= 11 is 0. The fourth-order valence-electron chi connectivity index (χ4n) is 5.10. The normalized spacial score (nSPS) is 39.9. The Labute approximate surface area is 129 Å². The predicted molar refractivity (Wildman–Crippen MR) is 84.9 cm³/mol. The van der Waals surface area contributed by atoms with Crippen molar-refractivity contribution >= 4 is 0 Å². The average molecular weight is 298 g/mol. The van der Waals surface area contributed by atoms with Crippen molar-refractivity contribution < 1.29 is 15.3 Å². The second-order valence-electron chi connectivity index (χ2n) is 8.48. The zero-order chi connectivity index (χ0) is 15.8. The molecular weight excluding hydrogens is 264 g/mol. The van der Waals surface area contributed by atoms with Gasteiger partial charge in [0.05, 0.1) is 17.8 Å². The van der Waals surface area contributed by atoms with Crippen LogP contribution in [-0.2, 0) is 0 Å². The van der Waals surface area contributed by atoms with E-state index in [1.807, 2.05) is 0 Å². The van der Waals surface area contributed by atoms with Gasteiger partial charge in [0.1, 0.15) is 0 Å². The molecule has 0 saturated heterocycles. The number of hydrogen-bond donors (Lipinski definition) is 3. The lowest BCUT2D eigenvalue weighted by molar-refractivity contribution is -0.0582. The molecule has 3 heteroatoms. The van der Waals surface area contributed by atoms with Gasteiger partial charge < -0.3 is 15.3 Å². The first-order chi connectivity index (χ1) is 9.66. The zero-order valence-corrected chi connectivity index (χ0v) is 14.2. The van der Waals surface area contributed by atoms with Crippen LogP contribution in [0.25, 0.3) is 0 Å². The lowest BCUT2D eigenvalue weighted by Gasteiger charge is -2.45. The van der Waals surface area contributed by atoms with Crippen LogP contribution in [0.15, 0.2) is 0 Å². The molecule has 0 aromatic carbocycles. The Bertz CT molecular complexity index is 349. The van der Waals surface area contributed by atoms with Gasteiger partial charge in [0.15, 0.2) is 0 Å². The Balaban J connectivity index is 1.95. The van der Waals surface area contributed by atoms with Crippen LogP contribution >= 0.6 is 0 Å². The van der Waals surface area contributed by atoms with E-state index < -0.39 is 11.7 Å². The highest BCUT2D eigenvalue weighted by Gasteiger charge is 2.52. The third-order valence-corrected chi connectivity index (χ3v) is 6.56. The highest BCUT2D eigenvalue weighted by atomic mass is 16.3. The number of hydrogen-bond acceptors (Lipinski definition) is 3. The molecular formula is C18H34O3. The minimum Gasteiger partial charge on any atom is -0.393 e. The van der Waals surface area contributed by atoms with Gasteiger partial charge in [-0.05, 0) is 75.5 Å². The quantitative estimate of drug-likeness (QED) is 0.731. The molecule has 0 heterocycles. The third-order valence-electron chi connectivity index (χ3n) is 6.56. The number of aliphatic hydroxyl groups is 3. The van der Waals surface area contributed by atoms with E-state index in [0.717, 1.165) is 25.7 Å². The molecule has 0 radical (unpaired) electrons. The maximum Gasteiger partial charge on any atom is 0.0849 e. The Hall–Kier alpha value is -0.120. The van der Waals surface area contributed by atoms with E-state index in [-0.39, 0.29) is 11.5 Å². The Morgan fingerprint density at radius 2 is 1.86 bits per heavy atom. The van der Waals surface area contributed by atoms with Crippen LogP contribution in [0.1, 0.15) is 72.6 Å². The van der Waals surface area contributed by atoms with Gasteiger partial charge in [-0.1, -0.05) is 20.3 Å². The number of rotatable bonds is 5. The van der Waals surface area contributed by atoms with E-state index in [4.69, 9.17) is 0 Å². The minimum absolute atomic E-state index is 0.108. The van der Waals surface area contributed by atoms with Crippen LogP contribution < -0.4 is 0 Å². The standard InChI is InChI=1S/C18H34O3/c1-12(7-10-16(20)17(2,3)21)13-8-9-14-15(19)6-5-11-18(13,14)4/h12-16,19-21H,5-11H2,1-4H3/t12-,13?,14+,15+,16-,18-/m1/s1. The molecule has 2 saturated carbocycles. The first-order valence-corrected chi connectivity index (χ1v) is 8.74. The predicted octanol–water partition coefficient (Wildman–Crippen LogP) is 3.11. The molecule has 3 nitrogen and oxygen atoms in total. The summed E-state index contributed by atoms with van der Waals surface area (Å²) in [7, 11) is 0. The van der Waals surface area contributed by atoms with Gasteiger partial charge in [0, 0.05) is 0 Å². The maximum atomic E-state index is 10.3. The van der Waals surface area contributed by atoms with E-state index in [2.05, 4.69) is 13.8 Å². The van der Waals surface area contributed by atoms with Gasteiger partial charge in [-0.3, -0.25) is 0 Å². The summed E-state index contributed by atoms with van der Waals surface area (Å²) in [5.41, 5.74) is -0.736. The molecule has 3 N–H and O–H groups in total. The summed E-state index contributed by atoms with van der Waals surface area (Å²) < 4.78 is 0. The van der Waals surface area contributed by atoms with Crippen LogP contribution in [-0.4, -0.2) is 33.1 Å². The van der Waals surface area contributed by atoms with Crippen molar-refractivity contribution in [3.8, 4) is 0 Å². The highest BCUT2D eigenvalue weighted by molar-refractivity contribution is 5.01. The van der Waals surface area contributed by atoms with Gasteiger partial charge in [-0.15, -0.1) is 0 Å². The van der Waals surface area contributed by atoms with E-state index in [1.54, 1.807) is 13.8 Å². The van der Waals surface area contributed by atoms with Crippen LogP contribution in [0.2, 0.25) is 0 Å². The maximum absolute atomic E-state index is 10.3. The van der Waals surface area contributed by atoms with Crippen LogP contribution in [0.5, 0.6) is 0 Å². The van der Waals surface area contributed by atoms with Crippen molar-refractivity contribution in [1.82, 2.24) is 0 Å². The zero-order valence-electron chi connectivity index (χ0n) is 14.2. The van der Waals surface area contributed by atoms with Crippen molar-refractivity contribution in [2.75, 3.05) is 0 Å². The van der Waals surface area contributed by atoms with Gasteiger partial charge in [-0.2, -0.15) is 0 Å². The van der Waals surface area contributed by atoms with Gasteiger partial charge >= 0.3 is 0 Å². The Kier molecular flexibility index (Phi) is 5.07. The molecule has 0 bridgehead atoms. The summed E-state index contributed by atoms with van der Waals surface area (Å²) in [6.07, 6.45) is 6.56. The second kappa shape index (κ2) is 6.17. The fourth-order valence-corrected chi connectivity index (χ4v) is 5.10. The fraction of sp³-hybridized carbons (Fsp3) is 1.00. The number of fused-ring (bicyclic) bond motifs is 1. The Morgan fingerprint density at radius 1 is 1.19 bits per heavy atom. The monoisotopic (exact) mass is 298 g/mol. The lowest BCUT2D eigenvalue weighted by atomic mass is 9.61. The molecule has 0 aromatic heterocycles. The molecule has 21 heavy (non-hydrogen) atoms. The van der Waals surface area contributed by atoms with Gasteiger partial charge in [-0.25, -0.2) is 0 Å². The van der Waals surface area contributed by atoms with E-state index in [0.29, 0.717) is 24.2 Å². The largest absolute Gasteiger partial charge is 0.393 e. The highest BCUT2D eigenvalue weighted by Crippen LogP contribution is 2.58. The van der Waals surface area contributed by atoms with Crippen molar-refractivity contribution in [3.05, 3.63) is 0 Å². The first-order valence-electron chi connectivity index (χ1n) is 8.74. The Morgan fingerprint density at radius 3 is 2.48 bits per heavy atom. The smallest absolute Gasteiger partial charge is 0.0849 e. The molecule has 2 aliphatic rings. The molecule has 0 aromatic rings. The van der Waals surface area contributed by atoms with Crippen molar-refractivity contribution in [1.29, 1.82) is 0 Å². The summed E-state index contributed by atoms with van der Waals surface area (Å²) in [6, 6.07) is 0. The molecule has 2 aliphatic carbocycles. The molecule has 2 fully saturated rings. The topological polar surface area (TPSA) is 60.7 Å². The lowest BCUT2D eigenvalue weighted by Crippen LogP contribution is -2.42. The van der Waals surface area contributed by atoms with Crippen LogP contribution in [0.3, 0.4) is 0 Å². The van der Waals surface area contributed by atoms with E-state index in [1.165, 1.54) is 12.8 Å². The summed E-state index contributed by atoms with van der Waals surface area (Å²) in [5.74, 6) is 1.66. The van der Waals surface area contributed by atoms with Gasteiger partial charge in [0.25, 0.3) is 0 Å². The molecule has 2 rings (SSSR count). The second-order valence-corrected chi connectivity index (χ2v) is 8.48.